The van der Waals surface area contributed by atoms with E-state index in [2.05, 4.69) is 10.3 Å². The van der Waals surface area contributed by atoms with Crippen LogP contribution < -0.4 is 20.3 Å². The summed E-state index contributed by atoms with van der Waals surface area (Å²) in [6.45, 7) is 1.92. The zero-order valence-electron chi connectivity index (χ0n) is 14.4. The first kappa shape index (κ1) is 17.4. The van der Waals surface area contributed by atoms with Crippen molar-refractivity contribution in [3.8, 4) is 11.5 Å². The molecule has 2 aromatic carbocycles. The molecule has 1 atom stereocenters. The van der Waals surface area contributed by atoms with E-state index in [9.17, 15) is 9.59 Å². The average molecular weight is 386 g/mol. The molecule has 1 unspecified atom stereocenters. The van der Waals surface area contributed by atoms with Gasteiger partial charge in [-0.25, -0.2) is 4.98 Å². The van der Waals surface area contributed by atoms with Crippen molar-refractivity contribution >= 4 is 28.4 Å². The number of halogens is 1. The van der Waals surface area contributed by atoms with Crippen molar-refractivity contribution in [2.45, 2.75) is 19.5 Å². The molecule has 27 heavy (non-hydrogen) atoms. The third-order valence-corrected chi connectivity index (χ3v) is 4.61. The molecule has 0 aliphatic carbocycles. The van der Waals surface area contributed by atoms with Gasteiger partial charge in [-0.15, -0.1) is 0 Å². The van der Waals surface area contributed by atoms with Crippen LogP contribution >= 0.6 is 11.6 Å². The maximum atomic E-state index is 12.6. The van der Waals surface area contributed by atoms with Crippen molar-refractivity contribution in [1.29, 1.82) is 0 Å². The van der Waals surface area contributed by atoms with E-state index in [1.807, 2.05) is 25.1 Å². The second kappa shape index (κ2) is 6.92. The number of nitrogens with zero attached hydrogens (tertiary/aromatic N) is 2. The molecule has 0 saturated carbocycles. The van der Waals surface area contributed by atoms with Crippen LogP contribution in [-0.4, -0.2) is 22.3 Å². The Morgan fingerprint density at radius 1 is 1.26 bits per heavy atom. The molecule has 8 heteroatoms. The predicted octanol–water partition coefficient (Wildman–Crippen LogP) is 2.66. The highest BCUT2D eigenvalue weighted by Crippen LogP contribution is 2.34. The molecule has 1 aromatic heterocycles. The van der Waals surface area contributed by atoms with Gasteiger partial charge in [0.2, 0.25) is 12.7 Å². The van der Waals surface area contributed by atoms with Crippen LogP contribution in [0.5, 0.6) is 11.5 Å². The Hall–Kier alpha value is -3.06. The maximum absolute atomic E-state index is 12.6. The van der Waals surface area contributed by atoms with E-state index in [1.54, 1.807) is 18.2 Å². The standard InChI is InChI=1S/C19H16ClN3O4/c1-11(12-2-5-16-17(6-12)27-10-26-16)22-18(24)8-23-9-21-15-4-3-13(20)7-14(15)19(23)25/h2-7,9,11H,8,10H2,1H3,(H,22,24). The van der Waals surface area contributed by atoms with Gasteiger partial charge in [-0.3, -0.25) is 14.2 Å². The quantitative estimate of drug-likeness (QED) is 0.746. The number of ether oxygens (including phenoxy) is 2. The molecular weight excluding hydrogens is 370 g/mol. The number of benzene rings is 2. The number of rotatable bonds is 4. The number of aromatic nitrogens is 2. The molecule has 0 saturated heterocycles. The number of fused-ring (bicyclic) bond motifs is 2. The Bertz CT molecular complexity index is 1100. The van der Waals surface area contributed by atoms with Gasteiger partial charge in [0.1, 0.15) is 6.54 Å². The highest BCUT2D eigenvalue weighted by Gasteiger charge is 2.17. The van der Waals surface area contributed by atoms with E-state index >= 15 is 0 Å². The predicted molar refractivity (Wildman–Crippen MR) is 100 cm³/mol. The molecule has 0 radical (unpaired) electrons. The van der Waals surface area contributed by atoms with Gasteiger partial charge in [0.15, 0.2) is 11.5 Å². The first-order chi connectivity index (χ1) is 13.0. The Morgan fingerprint density at radius 2 is 2.07 bits per heavy atom. The zero-order valence-corrected chi connectivity index (χ0v) is 15.2. The topological polar surface area (TPSA) is 82.5 Å². The first-order valence-electron chi connectivity index (χ1n) is 8.35. The monoisotopic (exact) mass is 385 g/mol. The summed E-state index contributed by atoms with van der Waals surface area (Å²) in [5.41, 5.74) is 1.10. The van der Waals surface area contributed by atoms with Crippen LogP contribution in [0.15, 0.2) is 47.5 Å². The summed E-state index contributed by atoms with van der Waals surface area (Å²) >= 11 is 5.95. The van der Waals surface area contributed by atoms with E-state index in [0.29, 0.717) is 27.4 Å². The second-order valence-electron chi connectivity index (χ2n) is 6.24. The third-order valence-electron chi connectivity index (χ3n) is 4.37. The Labute approximate surface area is 159 Å². The van der Waals surface area contributed by atoms with Gasteiger partial charge in [-0.2, -0.15) is 0 Å². The summed E-state index contributed by atoms with van der Waals surface area (Å²) < 4.78 is 11.9. The van der Waals surface area contributed by atoms with E-state index in [4.69, 9.17) is 21.1 Å². The van der Waals surface area contributed by atoms with Crippen LogP contribution in [0.3, 0.4) is 0 Å². The molecule has 0 bridgehead atoms. The van der Waals surface area contributed by atoms with Crippen LogP contribution in [-0.2, 0) is 11.3 Å². The number of carbonyl (C=O) groups is 1. The van der Waals surface area contributed by atoms with Crippen LogP contribution in [0.25, 0.3) is 10.9 Å². The van der Waals surface area contributed by atoms with Crippen molar-refractivity contribution in [3.63, 3.8) is 0 Å². The lowest BCUT2D eigenvalue weighted by Crippen LogP contribution is -2.34. The van der Waals surface area contributed by atoms with Crippen LogP contribution in [0, 0.1) is 0 Å². The molecular formula is C19H16ClN3O4. The van der Waals surface area contributed by atoms with Crippen LogP contribution in [0.4, 0.5) is 0 Å². The molecule has 1 N–H and O–H groups in total. The van der Waals surface area contributed by atoms with Crippen molar-refractivity contribution < 1.29 is 14.3 Å². The van der Waals surface area contributed by atoms with E-state index in [-0.39, 0.29) is 30.8 Å². The summed E-state index contributed by atoms with van der Waals surface area (Å²) in [5.74, 6) is 1.04. The number of nitrogens with one attached hydrogen (secondary N) is 1. The number of amides is 1. The normalized spacial score (nSPS) is 13.6. The summed E-state index contributed by atoms with van der Waals surface area (Å²) in [6, 6.07) is 10.1. The van der Waals surface area contributed by atoms with Crippen molar-refractivity contribution in [2.24, 2.45) is 0 Å². The fourth-order valence-electron chi connectivity index (χ4n) is 2.95. The minimum atomic E-state index is -0.312. The Kier molecular flexibility index (Phi) is 4.45. The summed E-state index contributed by atoms with van der Waals surface area (Å²) in [5, 5.41) is 3.69. The summed E-state index contributed by atoms with van der Waals surface area (Å²) in [4.78, 5) is 29.2. The number of hydrogen-bond acceptors (Lipinski definition) is 5. The zero-order chi connectivity index (χ0) is 19.0. The Morgan fingerprint density at radius 3 is 2.93 bits per heavy atom. The van der Waals surface area contributed by atoms with E-state index < -0.39 is 0 Å². The minimum absolute atomic E-state index is 0.136. The lowest BCUT2D eigenvalue weighted by atomic mass is 10.1. The van der Waals surface area contributed by atoms with Crippen LogP contribution in [0.2, 0.25) is 5.02 Å². The van der Waals surface area contributed by atoms with Gasteiger partial charge in [0.05, 0.1) is 23.3 Å². The van der Waals surface area contributed by atoms with E-state index in [0.717, 1.165) is 5.56 Å². The largest absolute Gasteiger partial charge is 0.454 e. The molecule has 0 fully saturated rings. The number of hydrogen-bond donors (Lipinski definition) is 1. The SMILES string of the molecule is CC(NC(=O)Cn1cnc2ccc(Cl)cc2c1=O)c1ccc2c(c1)OCO2. The molecule has 138 valence electrons. The van der Waals surface area contributed by atoms with Gasteiger partial charge in [-0.1, -0.05) is 17.7 Å². The molecule has 4 rings (SSSR count). The molecule has 1 amide bonds. The molecule has 3 aromatic rings. The molecule has 7 nitrogen and oxygen atoms in total. The van der Waals surface area contributed by atoms with Gasteiger partial charge in [-0.05, 0) is 42.8 Å². The first-order valence-corrected chi connectivity index (χ1v) is 8.72. The van der Waals surface area contributed by atoms with Crippen molar-refractivity contribution in [3.05, 3.63) is 63.7 Å². The third kappa shape index (κ3) is 3.46. The Balaban J connectivity index is 1.50. The maximum Gasteiger partial charge on any atom is 0.261 e. The highest BCUT2D eigenvalue weighted by molar-refractivity contribution is 6.31. The van der Waals surface area contributed by atoms with Crippen molar-refractivity contribution in [1.82, 2.24) is 14.9 Å². The lowest BCUT2D eigenvalue weighted by Gasteiger charge is -2.15. The molecule has 0 spiro atoms. The van der Waals surface area contributed by atoms with Gasteiger partial charge in [0.25, 0.3) is 5.56 Å². The summed E-state index contributed by atoms with van der Waals surface area (Å²) in [6.07, 6.45) is 1.36. The molecule has 1 aliphatic rings. The fraction of sp³-hybridized carbons (Fsp3) is 0.211. The van der Waals surface area contributed by atoms with Crippen molar-refractivity contribution in [2.75, 3.05) is 6.79 Å². The summed E-state index contributed by atoms with van der Waals surface area (Å²) in [7, 11) is 0. The fourth-order valence-corrected chi connectivity index (χ4v) is 3.12. The average Bonchev–Trinajstić information content (AvgIpc) is 3.12. The van der Waals surface area contributed by atoms with Gasteiger partial charge in [0, 0.05) is 5.02 Å². The molecule has 1 aliphatic heterocycles. The number of carbonyl (C=O) groups excluding carboxylic acids is 1. The minimum Gasteiger partial charge on any atom is -0.454 e. The molecule has 2 heterocycles. The van der Waals surface area contributed by atoms with E-state index in [1.165, 1.54) is 10.9 Å². The smallest absolute Gasteiger partial charge is 0.261 e. The lowest BCUT2D eigenvalue weighted by molar-refractivity contribution is -0.122. The van der Waals surface area contributed by atoms with Crippen LogP contribution in [0.1, 0.15) is 18.5 Å². The second-order valence-corrected chi connectivity index (χ2v) is 6.68. The van der Waals surface area contributed by atoms with Gasteiger partial charge >= 0.3 is 0 Å². The highest BCUT2D eigenvalue weighted by atomic mass is 35.5. The van der Waals surface area contributed by atoms with Gasteiger partial charge < -0.3 is 14.8 Å².